The van der Waals surface area contributed by atoms with Gasteiger partial charge < -0.3 is 10.4 Å². The van der Waals surface area contributed by atoms with Crippen LogP contribution in [-0.4, -0.2) is 23.0 Å². The summed E-state index contributed by atoms with van der Waals surface area (Å²) in [6, 6.07) is 7.47. The highest BCUT2D eigenvalue weighted by Gasteiger charge is 2.44. The first-order valence-electron chi connectivity index (χ1n) is 6.75. The predicted molar refractivity (Wildman–Crippen MR) is 76.8 cm³/mol. The number of carboxylic acids is 1. The van der Waals surface area contributed by atoms with Gasteiger partial charge in [0.05, 0.1) is 0 Å². The normalized spacial score (nSPS) is 22.1. The molecule has 20 heavy (non-hydrogen) atoms. The van der Waals surface area contributed by atoms with E-state index in [-0.39, 0.29) is 30.2 Å². The summed E-state index contributed by atoms with van der Waals surface area (Å²) in [5.74, 6) is -0.608. The molecule has 0 spiro atoms. The molecule has 1 amide bonds. The summed E-state index contributed by atoms with van der Waals surface area (Å²) < 4.78 is 0. The molecule has 0 aromatic heterocycles. The number of carbonyl (C=O) groups is 2. The molecule has 3 unspecified atom stereocenters. The molecule has 0 radical (unpaired) electrons. The van der Waals surface area contributed by atoms with Gasteiger partial charge in [-0.1, -0.05) is 23.7 Å². The van der Waals surface area contributed by atoms with Gasteiger partial charge in [0.15, 0.2) is 0 Å². The van der Waals surface area contributed by atoms with Crippen LogP contribution >= 0.6 is 11.6 Å². The van der Waals surface area contributed by atoms with E-state index < -0.39 is 5.97 Å². The average Bonchev–Trinajstić information content (AvgIpc) is 3.16. The number of nitrogens with one attached hydrogen (secondary N) is 1. The Kier molecular flexibility index (Phi) is 4.65. The zero-order valence-electron chi connectivity index (χ0n) is 11.3. The molecule has 1 aromatic rings. The van der Waals surface area contributed by atoms with Gasteiger partial charge in [-0.25, -0.2) is 0 Å². The third-order valence-electron chi connectivity index (χ3n) is 3.58. The number of hydrogen-bond donors (Lipinski definition) is 2. The van der Waals surface area contributed by atoms with E-state index in [1.807, 2.05) is 31.2 Å². The van der Waals surface area contributed by atoms with Gasteiger partial charge in [-0.3, -0.25) is 9.59 Å². The molecular formula is C15H18ClNO3. The third-order valence-corrected chi connectivity index (χ3v) is 3.82. The fourth-order valence-corrected chi connectivity index (χ4v) is 2.55. The molecule has 1 aromatic carbocycles. The number of halogens is 1. The minimum absolute atomic E-state index is 0.00728. The van der Waals surface area contributed by atoms with Crippen molar-refractivity contribution in [2.45, 2.75) is 38.1 Å². The van der Waals surface area contributed by atoms with Crippen molar-refractivity contribution < 1.29 is 14.7 Å². The topological polar surface area (TPSA) is 66.4 Å². The molecular weight excluding hydrogens is 278 g/mol. The Bertz CT molecular complexity index is 518. The molecule has 0 aliphatic heterocycles. The van der Waals surface area contributed by atoms with E-state index in [1.165, 1.54) is 0 Å². The zero-order chi connectivity index (χ0) is 14.7. The largest absolute Gasteiger partial charge is 0.481 e. The molecule has 0 bridgehead atoms. The monoisotopic (exact) mass is 295 g/mol. The Balaban J connectivity index is 1.82. The number of aliphatic carboxylic acids is 1. The fourth-order valence-electron chi connectivity index (χ4n) is 2.35. The fraction of sp³-hybridized carbons (Fsp3) is 0.467. The van der Waals surface area contributed by atoms with Crippen molar-refractivity contribution in [3.8, 4) is 0 Å². The minimum Gasteiger partial charge on any atom is -0.481 e. The highest BCUT2D eigenvalue weighted by molar-refractivity contribution is 6.30. The smallest absolute Gasteiger partial charge is 0.303 e. The molecule has 1 aliphatic carbocycles. The summed E-state index contributed by atoms with van der Waals surface area (Å²) in [7, 11) is 0. The maximum atomic E-state index is 12.0. The Labute approximate surface area is 123 Å². The minimum atomic E-state index is -0.839. The first kappa shape index (κ1) is 14.9. The predicted octanol–water partition coefficient (Wildman–Crippen LogP) is 2.81. The van der Waals surface area contributed by atoms with E-state index in [4.69, 9.17) is 16.7 Å². The molecule has 5 heteroatoms. The van der Waals surface area contributed by atoms with Gasteiger partial charge in [0.25, 0.3) is 0 Å². The summed E-state index contributed by atoms with van der Waals surface area (Å²) in [6.45, 7) is 1.83. The number of carboxylic acid groups (broad SMARTS) is 1. The van der Waals surface area contributed by atoms with E-state index in [1.54, 1.807) is 0 Å². The highest BCUT2D eigenvalue weighted by Crippen LogP contribution is 2.48. The van der Waals surface area contributed by atoms with Crippen LogP contribution in [0.1, 0.15) is 37.7 Å². The molecule has 2 rings (SSSR count). The number of amides is 1. The van der Waals surface area contributed by atoms with Gasteiger partial charge in [-0.05, 0) is 43.4 Å². The summed E-state index contributed by atoms with van der Waals surface area (Å²) in [5.41, 5.74) is 1.09. The van der Waals surface area contributed by atoms with Crippen LogP contribution in [-0.2, 0) is 9.59 Å². The molecule has 1 aliphatic rings. The summed E-state index contributed by atoms with van der Waals surface area (Å²) in [4.78, 5) is 22.5. The Morgan fingerprint density at radius 3 is 2.90 bits per heavy atom. The van der Waals surface area contributed by atoms with E-state index in [0.717, 1.165) is 12.0 Å². The first-order chi connectivity index (χ1) is 9.47. The average molecular weight is 296 g/mol. The van der Waals surface area contributed by atoms with E-state index in [0.29, 0.717) is 11.4 Å². The summed E-state index contributed by atoms with van der Waals surface area (Å²) in [5, 5.41) is 12.2. The number of carbonyl (C=O) groups excluding carboxylic acids is 1. The first-order valence-corrected chi connectivity index (χ1v) is 7.13. The maximum Gasteiger partial charge on any atom is 0.303 e. The van der Waals surface area contributed by atoms with Crippen LogP contribution in [0.5, 0.6) is 0 Å². The molecule has 0 heterocycles. The molecule has 3 atom stereocenters. The zero-order valence-corrected chi connectivity index (χ0v) is 12.1. The summed E-state index contributed by atoms with van der Waals surface area (Å²) >= 11 is 5.94. The maximum absolute atomic E-state index is 12.0. The second-order valence-corrected chi connectivity index (χ2v) is 5.78. The Hall–Kier alpha value is -1.55. The molecule has 1 saturated carbocycles. The lowest BCUT2D eigenvalue weighted by Gasteiger charge is -2.12. The van der Waals surface area contributed by atoms with Crippen molar-refractivity contribution >= 4 is 23.5 Å². The van der Waals surface area contributed by atoms with Crippen molar-refractivity contribution in [2.24, 2.45) is 5.92 Å². The van der Waals surface area contributed by atoms with E-state index in [9.17, 15) is 9.59 Å². The lowest BCUT2D eigenvalue weighted by atomic mass is 10.1. The second-order valence-electron chi connectivity index (χ2n) is 5.35. The van der Waals surface area contributed by atoms with Crippen LogP contribution in [0.25, 0.3) is 0 Å². The lowest BCUT2D eigenvalue weighted by molar-refractivity contribution is -0.137. The number of hydrogen-bond acceptors (Lipinski definition) is 2. The van der Waals surface area contributed by atoms with Gasteiger partial charge in [-0.15, -0.1) is 0 Å². The van der Waals surface area contributed by atoms with Crippen LogP contribution in [0, 0.1) is 5.92 Å². The van der Waals surface area contributed by atoms with Gasteiger partial charge in [-0.2, -0.15) is 0 Å². The standard InChI is InChI=1S/C15H18ClNO3/c1-9(5-6-14(18)19)17-15(20)13-8-12(13)10-3-2-4-11(16)7-10/h2-4,7,9,12-13H,5-6,8H2,1H3,(H,17,20)(H,18,19). The van der Waals surface area contributed by atoms with Gasteiger partial charge in [0.2, 0.25) is 5.91 Å². The SMILES string of the molecule is CC(CCC(=O)O)NC(=O)C1CC1c1cccc(Cl)c1. The van der Waals surface area contributed by atoms with Gasteiger partial charge >= 0.3 is 5.97 Å². The number of benzene rings is 1. The molecule has 0 saturated heterocycles. The summed E-state index contributed by atoms with van der Waals surface area (Å²) in [6.07, 6.45) is 1.36. The number of rotatable bonds is 6. The molecule has 1 fully saturated rings. The van der Waals surface area contributed by atoms with E-state index in [2.05, 4.69) is 5.32 Å². The van der Waals surface area contributed by atoms with Crippen molar-refractivity contribution in [2.75, 3.05) is 0 Å². The van der Waals surface area contributed by atoms with Crippen LogP contribution < -0.4 is 5.32 Å². The molecule has 4 nitrogen and oxygen atoms in total. The van der Waals surface area contributed by atoms with Crippen molar-refractivity contribution in [3.63, 3.8) is 0 Å². The van der Waals surface area contributed by atoms with E-state index >= 15 is 0 Å². The van der Waals surface area contributed by atoms with Crippen LogP contribution in [0.4, 0.5) is 0 Å². The quantitative estimate of drug-likeness (QED) is 0.848. The Morgan fingerprint density at radius 1 is 1.50 bits per heavy atom. The van der Waals surface area contributed by atoms with Gasteiger partial charge in [0.1, 0.15) is 0 Å². The Morgan fingerprint density at radius 2 is 2.25 bits per heavy atom. The van der Waals surface area contributed by atoms with Gasteiger partial charge in [0, 0.05) is 23.4 Å². The molecule has 2 N–H and O–H groups in total. The van der Waals surface area contributed by atoms with Crippen molar-refractivity contribution in [1.82, 2.24) is 5.32 Å². The van der Waals surface area contributed by atoms with Crippen LogP contribution in [0.15, 0.2) is 24.3 Å². The van der Waals surface area contributed by atoms with Crippen molar-refractivity contribution in [1.29, 1.82) is 0 Å². The lowest BCUT2D eigenvalue weighted by Crippen LogP contribution is -2.34. The third kappa shape index (κ3) is 3.97. The molecule has 108 valence electrons. The van der Waals surface area contributed by atoms with Crippen molar-refractivity contribution in [3.05, 3.63) is 34.9 Å². The van der Waals surface area contributed by atoms with Crippen LogP contribution in [0.2, 0.25) is 5.02 Å². The highest BCUT2D eigenvalue weighted by atomic mass is 35.5. The van der Waals surface area contributed by atoms with Crippen LogP contribution in [0.3, 0.4) is 0 Å². The second kappa shape index (κ2) is 6.27.